The summed E-state index contributed by atoms with van der Waals surface area (Å²) < 4.78 is 0. The van der Waals surface area contributed by atoms with E-state index < -0.39 is 17.1 Å². The number of hydrogen-bond donors (Lipinski definition) is 1. The van der Waals surface area contributed by atoms with Crippen molar-refractivity contribution in [3.05, 3.63) is 83.0 Å². The van der Waals surface area contributed by atoms with E-state index >= 15 is 0 Å². The molecule has 1 N–H and O–H groups in total. The summed E-state index contributed by atoms with van der Waals surface area (Å²) in [6.07, 6.45) is 25.7. The standard InChI is InChI=1S/C22H31NO4/c1-2-3-4-5-12-15-18-21(23(26)27)22(25)19-16-13-10-8-6-7-9-11-14-17-20-24/h3-4,6,8-13,15-16,19-22,25H,2,5,7,14,17-18H2,1H3/b4-3-,8-6-,11-9-,13-10-,15-12-,19-16-. The van der Waals surface area contributed by atoms with Gasteiger partial charge in [-0.25, -0.2) is 0 Å². The normalized spacial score (nSPS) is 15.2. The van der Waals surface area contributed by atoms with Crippen LogP contribution in [0.3, 0.4) is 0 Å². The van der Waals surface area contributed by atoms with E-state index in [2.05, 4.69) is 0 Å². The fraction of sp³-hybridized carbons (Fsp3) is 0.409. The van der Waals surface area contributed by atoms with Crippen LogP contribution in [-0.4, -0.2) is 28.5 Å². The van der Waals surface area contributed by atoms with Crippen LogP contribution in [0.1, 0.15) is 45.4 Å². The summed E-state index contributed by atoms with van der Waals surface area (Å²) in [7, 11) is 0. The highest BCUT2D eigenvalue weighted by Gasteiger charge is 2.25. The van der Waals surface area contributed by atoms with Crippen molar-refractivity contribution in [1.82, 2.24) is 0 Å². The van der Waals surface area contributed by atoms with Crippen LogP contribution in [0.5, 0.6) is 0 Å². The molecule has 0 saturated carbocycles. The van der Waals surface area contributed by atoms with Crippen molar-refractivity contribution in [2.75, 3.05) is 0 Å². The van der Waals surface area contributed by atoms with Crippen LogP contribution in [0.2, 0.25) is 0 Å². The second-order valence-corrected chi connectivity index (χ2v) is 5.81. The topological polar surface area (TPSA) is 80.4 Å². The molecule has 0 aromatic rings. The summed E-state index contributed by atoms with van der Waals surface area (Å²) in [5.41, 5.74) is 0. The molecule has 0 saturated heterocycles. The zero-order chi connectivity index (χ0) is 20.2. The summed E-state index contributed by atoms with van der Waals surface area (Å²) >= 11 is 0. The minimum Gasteiger partial charge on any atom is -0.382 e. The zero-order valence-electron chi connectivity index (χ0n) is 16.0. The number of aliphatic hydroxyl groups excluding tert-OH is 1. The quantitative estimate of drug-likeness (QED) is 0.111. The molecule has 0 aromatic carbocycles. The first kappa shape index (κ1) is 24.5. The maximum absolute atomic E-state index is 11.1. The molecule has 27 heavy (non-hydrogen) atoms. The first-order chi connectivity index (χ1) is 13.1. The fourth-order valence-electron chi connectivity index (χ4n) is 2.07. The molecule has 0 spiro atoms. The number of hydrogen-bond acceptors (Lipinski definition) is 4. The summed E-state index contributed by atoms with van der Waals surface area (Å²) in [5, 5.41) is 21.1. The third-order valence-corrected chi connectivity index (χ3v) is 3.55. The summed E-state index contributed by atoms with van der Waals surface area (Å²) in [6.45, 7) is 2.05. The van der Waals surface area contributed by atoms with Crippen LogP contribution in [0.25, 0.3) is 0 Å². The molecule has 0 fully saturated rings. The van der Waals surface area contributed by atoms with E-state index in [1.807, 2.05) is 49.5 Å². The Bertz CT molecular complexity index is 571. The molecule has 0 aliphatic heterocycles. The number of unbranched alkanes of at least 4 members (excludes halogenated alkanes) is 1. The molecule has 2 unspecified atom stereocenters. The van der Waals surface area contributed by atoms with Crippen molar-refractivity contribution >= 4 is 6.29 Å². The lowest BCUT2D eigenvalue weighted by molar-refractivity contribution is -0.530. The Hall–Kier alpha value is -2.53. The van der Waals surface area contributed by atoms with E-state index in [1.54, 1.807) is 24.3 Å². The largest absolute Gasteiger partial charge is 0.382 e. The van der Waals surface area contributed by atoms with Crippen LogP contribution in [0.4, 0.5) is 0 Å². The molecule has 0 aliphatic carbocycles. The van der Waals surface area contributed by atoms with E-state index in [4.69, 9.17) is 0 Å². The van der Waals surface area contributed by atoms with E-state index in [0.717, 1.165) is 32.0 Å². The molecule has 0 aromatic heterocycles. The van der Waals surface area contributed by atoms with Gasteiger partial charge in [0, 0.05) is 17.8 Å². The molecule has 0 rings (SSSR count). The number of rotatable bonds is 15. The number of nitrogens with zero attached hydrogens (tertiary/aromatic N) is 1. The van der Waals surface area contributed by atoms with Gasteiger partial charge in [-0.2, -0.15) is 0 Å². The lowest BCUT2D eigenvalue weighted by atomic mass is 10.1. The number of allylic oxidation sites excluding steroid dienone is 10. The smallest absolute Gasteiger partial charge is 0.245 e. The third-order valence-electron chi connectivity index (χ3n) is 3.55. The maximum Gasteiger partial charge on any atom is 0.245 e. The van der Waals surface area contributed by atoms with Crippen LogP contribution in [0, 0.1) is 10.1 Å². The number of nitro groups is 1. The Labute approximate surface area is 162 Å². The number of aldehydes is 1. The second-order valence-electron chi connectivity index (χ2n) is 5.81. The van der Waals surface area contributed by atoms with E-state index in [1.165, 1.54) is 6.08 Å². The first-order valence-electron chi connectivity index (χ1n) is 9.33. The average Bonchev–Trinajstić information content (AvgIpc) is 2.65. The molecule has 2 atom stereocenters. The van der Waals surface area contributed by atoms with Gasteiger partial charge in [0.2, 0.25) is 6.04 Å². The molecule has 5 nitrogen and oxygen atoms in total. The Morgan fingerprint density at radius 2 is 1.56 bits per heavy atom. The lowest BCUT2D eigenvalue weighted by Crippen LogP contribution is -2.31. The van der Waals surface area contributed by atoms with Crippen molar-refractivity contribution < 1.29 is 14.8 Å². The van der Waals surface area contributed by atoms with Gasteiger partial charge in [-0.05, 0) is 31.8 Å². The highest BCUT2D eigenvalue weighted by molar-refractivity contribution is 5.49. The summed E-state index contributed by atoms with van der Waals surface area (Å²) in [4.78, 5) is 20.8. The van der Waals surface area contributed by atoms with Crippen LogP contribution in [0.15, 0.2) is 72.9 Å². The Morgan fingerprint density at radius 1 is 0.889 bits per heavy atom. The van der Waals surface area contributed by atoms with Gasteiger partial charge < -0.3 is 9.90 Å². The van der Waals surface area contributed by atoms with Gasteiger partial charge in [0.05, 0.1) is 0 Å². The fourth-order valence-corrected chi connectivity index (χ4v) is 2.07. The third kappa shape index (κ3) is 15.4. The molecule has 5 heteroatoms. The SMILES string of the molecule is CC/C=C\C/C=C\CC(C(O)\C=C/C=C\C=C/C/C=C\CCC=O)[N+](=O)[O-]. The van der Waals surface area contributed by atoms with Crippen molar-refractivity contribution in [2.24, 2.45) is 0 Å². The zero-order valence-corrected chi connectivity index (χ0v) is 16.0. The van der Waals surface area contributed by atoms with E-state index in [9.17, 15) is 20.0 Å². The second kappa shape index (κ2) is 18.3. The predicted octanol–water partition coefficient (Wildman–Crippen LogP) is 4.89. The van der Waals surface area contributed by atoms with Gasteiger partial charge in [-0.15, -0.1) is 0 Å². The van der Waals surface area contributed by atoms with Gasteiger partial charge >= 0.3 is 0 Å². The Kier molecular flexibility index (Phi) is 16.6. The first-order valence-corrected chi connectivity index (χ1v) is 9.33. The minimum absolute atomic E-state index is 0.193. The lowest BCUT2D eigenvalue weighted by Gasteiger charge is -2.10. The van der Waals surface area contributed by atoms with Crippen LogP contribution < -0.4 is 0 Å². The van der Waals surface area contributed by atoms with Crippen LogP contribution in [-0.2, 0) is 4.79 Å². The van der Waals surface area contributed by atoms with Gasteiger partial charge in [0.1, 0.15) is 12.4 Å². The Balaban J connectivity index is 4.28. The summed E-state index contributed by atoms with van der Waals surface area (Å²) in [6, 6.07) is -1.05. The average molecular weight is 373 g/mol. The molecule has 0 amide bonds. The molecule has 0 aliphatic rings. The molecule has 148 valence electrons. The number of carbonyl (C=O) groups is 1. The highest BCUT2D eigenvalue weighted by Crippen LogP contribution is 2.07. The highest BCUT2D eigenvalue weighted by atomic mass is 16.6. The van der Waals surface area contributed by atoms with Crippen molar-refractivity contribution in [3.8, 4) is 0 Å². The van der Waals surface area contributed by atoms with Gasteiger partial charge in [-0.3, -0.25) is 10.1 Å². The van der Waals surface area contributed by atoms with Crippen molar-refractivity contribution in [1.29, 1.82) is 0 Å². The minimum atomic E-state index is -1.13. The van der Waals surface area contributed by atoms with Crippen molar-refractivity contribution in [3.63, 3.8) is 0 Å². The van der Waals surface area contributed by atoms with Crippen LogP contribution >= 0.6 is 0 Å². The monoisotopic (exact) mass is 373 g/mol. The predicted molar refractivity (Wildman–Crippen MR) is 111 cm³/mol. The molecule has 0 bridgehead atoms. The molecular formula is C22H31NO4. The Morgan fingerprint density at radius 3 is 2.26 bits per heavy atom. The van der Waals surface area contributed by atoms with Crippen molar-refractivity contribution in [2.45, 2.75) is 57.6 Å². The number of aliphatic hydroxyl groups is 1. The summed E-state index contributed by atoms with van der Waals surface area (Å²) in [5.74, 6) is 0. The molecule has 0 radical (unpaired) electrons. The molecular weight excluding hydrogens is 342 g/mol. The van der Waals surface area contributed by atoms with Gasteiger partial charge in [0.25, 0.3) is 0 Å². The van der Waals surface area contributed by atoms with Gasteiger partial charge in [0.15, 0.2) is 0 Å². The number of carbonyl (C=O) groups excluding carboxylic acids is 1. The van der Waals surface area contributed by atoms with E-state index in [0.29, 0.717) is 6.42 Å². The maximum atomic E-state index is 11.1. The van der Waals surface area contributed by atoms with E-state index in [-0.39, 0.29) is 6.42 Å². The van der Waals surface area contributed by atoms with Gasteiger partial charge in [-0.1, -0.05) is 73.8 Å². The molecule has 0 heterocycles.